The molecule has 3 amide bonds. The number of hydrogen-bond donors (Lipinski definition) is 4. The second-order valence-corrected chi connectivity index (χ2v) is 7.58. The number of anilines is 2. The van der Waals surface area contributed by atoms with Crippen LogP contribution < -0.4 is 21.3 Å². The van der Waals surface area contributed by atoms with Crippen molar-refractivity contribution < 1.29 is 9.59 Å². The summed E-state index contributed by atoms with van der Waals surface area (Å²) in [6.45, 7) is 4.62. The molecule has 29 heavy (non-hydrogen) atoms. The van der Waals surface area contributed by atoms with Crippen molar-refractivity contribution in [3.05, 3.63) is 54.4 Å². The number of hydrogen-bond acceptors (Lipinski definition) is 4. The maximum absolute atomic E-state index is 12.4. The highest BCUT2D eigenvalue weighted by Gasteiger charge is 2.22. The maximum atomic E-state index is 12.4. The van der Waals surface area contributed by atoms with Crippen LogP contribution in [0.25, 0.3) is 0 Å². The second-order valence-electron chi connectivity index (χ2n) is 7.58. The van der Waals surface area contributed by atoms with Gasteiger partial charge < -0.3 is 21.3 Å². The summed E-state index contributed by atoms with van der Waals surface area (Å²) in [6, 6.07) is 10.6. The van der Waals surface area contributed by atoms with E-state index in [2.05, 4.69) is 33.2 Å². The van der Waals surface area contributed by atoms with Gasteiger partial charge in [-0.2, -0.15) is 0 Å². The molecule has 0 bridgehead atoms. The Morgan fingerprint density at radius 2 is 1.93 bits per heavy atom. The summed E-state index contributed by atoms with van der Waals surface area (Å²) in [5, 5.41) is 11.9. The van der Waals surface area contributed by atoms with E-state index in [1.165, 1.54) is 12.8 Å². The van der Waals surface area contributed by atoms with E-state index in [4.69, 9.17) is 0 Å². The smallest absolute Gasteiger partial charge is 0.319 e. The van der Waals surface area contributed by atoms with Crippen molar-refractivity contribution in [3.8, 4) is 0 Å². The molecule has 2 atom stereocenters. The minimum absolute atomic E-state index is 0.00219. The molecule has 1 aliphatic rings. The molecule has 3 rings (SSSR count). The average molecular weight is 396 g/mol. The highest BCUT2D eigenvalue weighted by molar-refractivity contribution is 5.93. The summed E-state index contributed by atoms with van der Waals surface area (Å²) in [7, 11) is 0. The monoisotopic (exact) mass is 395 g/mol. The van der Waals surface area contributed by atoms with E-state index in [0.717, 1.165) is 18.7 Å². The van der Waals surface area contributed by atoms with Gasteiger partial charge in [-0.25, -0.2) is 4.79 Å². The molecule has 0 radical (unpaired) electrons. The first kappa shape index (κ1) is 20.8. The van der Waals surface area contributed by atoms with E-state index in [1.807, 2.05) is 24.3 Å². The van der Waals surface area contributed by atoms with Crippen LogP contribution in [0.5, 0.6) is 0 Å². The molecule has 2 heterocycles. The van der Waals surface area contributed by atoms with Crippen LogP contribution >= 0.6 is 0 Å². The van der Waals surface area contributed by atoms with E-state index >= 15 is 0 Å². The van der Waals surface area contributed by atoms with Gasteiger partial charge in [-0.3, -0.25) is 9.78 Å². The topological polar surface area (TPSA) is 95.2 Å². The van der Waals surface area contributed by atoms with Crippen molar-refractivity contribution >= 4 is 23.3 Å². The number of benzene rings is 1. The first-order chi connectivity index (χ1) is 14.1. The molecule has 154 valence electrons. The number of amides is 3. The quantitative estimate of drug-likeness (QED) is 0.578. The fraction of sp³-hybridized carbons (Fsp3) is 0.409. The van der Waals surface area contributed by atoms with Crippen LogP contribution in [-0.2, 0) is 11.3 Å². The van der Waals surface area contributed by atoms with E-state index in [9.17, 15) is 9.59 Å². The normalized spacial score (nSPS) is 17.2. The van der Waals surface area contributed by atoms with Crippen LogP contribution in [0.15, 0.2) is 48.8 Å². The van der Waals surface area contributed by atoms with Gasteiger partial charge in [0, 0.05) is 36.7 Å². The van der Waals surface area contributed by atoms with E-state index in [1.54, 1.807) is 24.5 Å². The largest absolute Gasteiger partial charge is 0.334 e. The predicted molar refractivity (Wildman–Crippen MR) is 115 cm³/mol. The zero-order valence-corrected chi connectivity index (χ0v) is 16.8. The van der Waals surface area contributed by atoms with E-state index < -0.39 is 0 Å². The van der Waals surface area contributed by atoms with Crippen LogP contribution in [0, 0.1) is 11.8 Å². The van der Waals surface area contributed by atoms with E-state index in [0.29, 0.717) is 36.2 Å². The van der Waals surface area contributed by atoms with Gasteiger partial charge in [-0.05, 0) is 73.7 Å². The molecule has 1 fully saturated rings. The Bertz CT molecular complexity index is 806. The summed E-state index contributed by atoms with van der Waals surface area (Å²) in [6.07, 6.45) is 6.22. The zero-order chi connectivity index (χ0) is 20.5. The Balaban J connectivity index is 1.47. The van der Waals surface area contributed by atoms with Crippen LogP contribution in [-0.4, -0.2) is 30.0 Å². The Morgan fingerprint density at radius 1 is 1.17 bits per heavy atom. The zero-order valence-electron chi connectivity index (χ0n) is 16.8. The highest BCUT2D eigenvalue weighted by Crippen LogP contribution is 2.23. The number of rotatable bonds is 7. The summed E-state index contributed by atoms with van der Waals surface area (Å²) in [4.78, 5) is 28.5. The maximum Gasteiger partial charge on any atom is 0.319 e. The standard InChI is InChI=1S/C22H29N5O2/c1-16(18-4-3-9-24-15-18)12-21(28)26-19-5-2-6-20(13-19)27-22(29)25-14-17-7-10-23-11-8-17/h2,5-8,10-11,13,16,18,24H,3-4,9,12,14-15H2,1H3,(H,26,28)(H2,25,27,29). The molecule has 2 aromatic rings. The summed E-state index contributed by atoms with van der Waals surface area (Å²) >= 11 is 0. The Hall–Kier alpha value is -2.93. The molecule has 1 aromatic heterocycles. The van der Waals surface area contributed by atoms with Crippen LogP contribution in [0.3, 0.4) is 0 Å². The average Bonchev–Trinajstić information content (AvgIpc) is 2.74. The molecule has 7 nitrogen and oxygen atoms in total. The predicted octanol–water partition coefficient (Wildman–Crippen LogP) is 3.37. The fourth-order valence-corrected chi connectivity index (χ4v) is 3.57. The number of pyridine rings is 1. The van der Waals surface area contributed by atoms with Gasteiger partial charge >= 0.3 is 6.03 Å². The summed E-state index contributed by atoms with van der Waals surface area (Å²) in [5.74, 6) is 0.886. The van der Waals surface area contributed by atoms with Gasteiger partial charge in [-0.1, -0.05) is 13.0 Å². The number of aromatic nitrogens is 1. The van der Waals surface area contributed by atoms with Crippen molar-refractivity contribution in [2.24, 2.45) is 11.8 Å². The van der Waals surface area contributed by atoms with Gasteiger partial charge in [0.1, 0.15) is 0 Å². The number of nitrogens with zero attached hydrogens (tertiary/aromatic N) is 1. The Labute approximate surface area is 171 Å². The molecule has 7 heteroatoms. The van der Waals surface area contributed by atoms with Crippen LogP contribution in [0.1, 0.15) is 31.7 Å². The second kappa shape index (κ2) is 10.6. The van der Waals surface area contributed by atoms with Crippen molar-refractivity contribution in [1.29, 1.82) is 0 Å². The minimum atomic E-state index is -0.302. The molecule has 0 spiro atoms. The molecular weight excluding hydrogens is 366 g/mol. The lowest BCUT2D eigenvalue weighted by Gasteiger charge is -2.28. The lowest BCUT2D eigenvalue weighted by molar-refractivity contribution is -0.117. The number of nitrogens with one attached hydrogen (secondary N) is 4. The molecule has 1 aliphatic heterocycles. The lowest BCUT2D eigenvalue weighted by atomic mass is 9.85. The number of urea groups is 1. The third-order valence-electron chi connectivity index (χ3n) is 5.25. The number of piperidine rings is 1. The third kappa shape index (κ3) is 6.87. The van der Waals surface area contributed by atoms with Gasteiger partial charge in [0.2, 0.25) is 5.91 Å². The first-order valence-corrected chi connectivity index (χ1v) is 10.1. The minimum Gasteiger partial charge on any atom is -0.334 e. The van der Waals surface area contributed by atoms with Gasteiger partial charge in [0.05, 0.1) is 0 Å². The summed E-state index contributed by atoms with van der Waals surface area (Å²) < 4.78 is 0. The van der Waals surface area contributed by atoms with Gasteiger partial charge in [0.25, 0.3) is 0 Å². The SMILES string of the molecule is CC(CC(=O)Nc1cccc(NC(=O)NCc2ccncc2)c1)C1CCCNC1. The molecule has 0 aliphatic carbocycles. The fourth-order valence-electron chi connectivity index (χ4n) is 3.57. The lowest BCUT2D eigenvalue weighted by Crippen LogP contribution is -2.34. The third-order valence-corrected chi connectivity index (χ3v) is 5.25. The molecule has 1 saturated heterocycles. The van der Waals surface area contributed by atoms with Crippen LogP contribution in [0.4, 0.5) is 16.2 Å². The first-order valence-electron chi connectivity index (χ1n) is 10.1. The van der Waals surface area contributed by atoms with Crippen molar-refractivity contribution in [3.63, 3.8) is 0 Å². The molecular formula is C22H29N5O2. The van der Waals surface area contributed by atoms with Crippen LogP contribution in [0.2, 0.25) is 0 Å². The van der Waals surface area contributed by atoms with Gasteiger partial charge in [0.15, 0.2) is 0 Å². The molecule has 0 saturated carbocycles. The van der Waals surface area contributed by atoms with Gasteiger partial charge in [-0.15, -0.1) is 0 Å². The van der Waals surface area contributed by atoms with Crippen molar-refractivity contribution in [1.82, 2.24) is 15.6 Å². The molecule has 4 N–H and O–H groups in total. The Kier molecular flexibility index (Phi) is 7.58. The molecule has 2 unspecified atom stereocenters. The van der Waals surface area contributed by atoms with Crippen molar-refractivity contribution in [2.75, 3.05) is 23.7 Å². The summed E-state index contributed by atoms with van der Waals surface area (Å²) in [5.41, 5.74) is 2.27. The molecule has 1 aromatic carbocycles. The number of carbonyl (C=O) groups is 2. The van der Waals surface area contributed by atoms with Crippen molar-refractivity contribution in [2.45, 2.75) is 32.7 Å². The van der Waals surface area contributed by atoms with E-state index in [-0.39, 0.29) is 11.9 Å². The Morgan fingerprint density at radius 3 is 2.66 bits per heavy atom. The number of carbonyl (C=O) groups excluding carboxylic acids is 2. The highest BCUT2D eigenvalue weighted by atomic mass is 16.2.